The fourth-order valence-electron chi connectivity index (χ4n) is 3.07. The average Bonchev–Trinajstić information content (AvgIpc) is 2.92. The third-order valence-corrected chi connectivity index (χ3v) is 4.59. The van der Waals surface area contributed by atoms with E-state index in [1.165, 1.54) is 4.90 Å². The van der Waals surface area contributed by atoms with Crippen molar-refractivity contribution in [1.29, 1.82) is 0 Å². The van der Waals surface area contributed by atoms with E-state index in [9.17, 15) is 9.59 Å². The van der Waals surface area contributed by atoms with Crippen molar-refractivity contribution in [3.05, 3.63) is 47.3 Å². The molecule has 3 rings (SSSR count). The van der Waals surface area contributed by atoms with Gasteiger partial charge in [0.25, 0.3) is 0 Å². The first-order valence-electron chi connectivity index (χ1n) is 8.94. The van der Waals surface area contributed by atoms with E-state index in [-0.39, 0.29) is 18.5 Å². The summed E-state index contributed by atoms with van der Waals surface area (Å²) in [6, 6.07) is 7.24. The summed E-state index contributed by atoms with van der Waals surface area (Å²) in [4.78, 5) is 30.5. The molecule has 146 valence electrons. The minimum Gasteiger partial charge on any atom is -0.324 e. The molecule has 3 amide bonds. The number of carbonyl (C=O) groups is 2. The quantitative estimate of drug-likeness (QED) is 0.728. The number of aryl methyl sites for hydroxylation is 4. The van der Waals surface area contributed by atoms with Gasteiger partial charge in [0.15, 0.2) is 5.65 Å². The Balaban J connectivity index is 1.64. The average molecular weight is 380 g/mol. The number of para-hydroxylation sites is 1. The number of carbonyl (C=O) groups excluding carboxylic acids is 2. The number of pyridine rings is 1. The van der Waals surface area contributed by atoms with Crippen LogP contribution in [0.5, 0.6) is 0 Å². The zero-order chi connectivity index (χ0) is 20.4. The molecule has 0 unspecified atom stereocenters. The van der Waals surface area contributed by atoms with Crippen LogP contribution in [-0.4, -0.2) is 45.2 Å². The van der Waals surface area contributed by atoms with Crippen LogP contribution >= 0.6 is 0 Å². The largest absolute Gasteiger partial charge is 0.324 e. The van der Waals surface area contributed by atoms with E-state index in [1.54, 1.807) is 17.9 Å². The first kappa shape index (κ1) is 19.3. The highest BCUT2D eigenvalue weighted by Gasteiger charge is 2.15. The number of benzene rings is 1. The summed E-state index contributed by atoms with van der Waals surface area (Å²) < 4.78 is 1.69. The van der Waals surface area contributed by atoms with Gasteiger partial charge in [0, 0.05) is 25.2 Å². The van der Waals surface area contributed by atoms with Gasteiger partial charge in [0.2, 0.25) is 5.91 Å². The topological polar surface area (TPSA) is 92.2 Å². The van der Waals surface area contributed by atoms with Crippen molar-refractivity contribution >= 4 is 34.3 Å². The lowest BCUT2D eigenvalue weighted by Gasteiger charge is -2.18. The summed E-state index contributed by atoms with van der Waals surface area (Å²) in [5.74, 6) is -0.258. The van der Waals surface area contributed by atoms with Gasteiger partial charge in [0.05, 0.1) is 17.6 Å². The Morgan fingerprint density at radius 2 is 1.82 bits per heavy atom. The molecule has 8 heteroatoms. The number of aromatic nitrogens is 3. The van der Waals surface area contributed by atoms with Gasteiger partial charge < -0.3 is 15.5 Å². The van der Waals surface area contributed by atoms with Gasteiger partial charge >= 0.3 is 6.03 Å². The SMILES string of the molecule is Cc1cccc(C)c1NC(=O)CN(C)C(=O)Nc1cnc2c(c1)c(C)nn2C. The maximum Gasteiger partial charge on any atom is 0.322 e. The highest BCUT2D eigenvalue weighted by atomic mass is 16.2. The van der Waals surface area contributed by atoms with E-state index in [0.717, 1.165) is 33.5 Å². The lowest BCUT2D eigenvalue weighted by molar-refractivity contribution is -0.116. The minimum absolute atomic E-state index is 0.0683. The van der Waals surface area contributed by atoms with Crippen LogP contribution in [0, 0.1) is 20.8 Å². The summed E-state index contributed by atoms with van der Waals surface area (Å²) in [5, 5.41) is 10.8. The number of urea groups is 1. The van der Waals surface area contributed by atoms with Crippen molar-refractivity contribution in [3.8, 4) is 0 Å². The molecule has 2 heterocycles. The standard InChI is InChI=1S/C20H24N6O2/c1-12-7-6-8-13(2)18(12)23-17(27)11-25(4)20(28)22-15-9-16-14(3)24-26(5)19(16)21-10-15/h6-10H,11H2,1-5H3,(H,22,28)(H,23,27). The molecule has 0 atom stereocenters. The Kier molecular flexibility index (Phi) is 5.30. The van der Waals surface area contributed by atoms with Gasteiger partial charge in [-0.15, -0.1) is 0 Å². The van der Waals surface area contributed by atoms with Crippen LogP contribution < -0.4 is 10.6 Å². The number of amides is 3. The van der Waals surface area contributed by atoms with Crippen LogP contribution in [0.15, 0.2) is 30.5 Å². The van der Waals surface area contributed by atoms with Crippen LogP contribution in [0.3, 0.4) is 0 Å². The number of hydrogen-bond acceptors (Lipinski definition) is 4. The first-order valence-corrected chi connectivity index (χ1v) is 8.94. The van der Waals surface area contributed by atoms with Crippen molar-refractivity contribution in [2.75, 3.05) is 24.2 Å². The van der Waals surface area contributed by atoms with Crippen LogP contribution in [0.1, 0.15) is 16.8 Å². The third kappa shape index (κ3) is 3.95. The van der Waals surface area contributed by atoms with Gasteiger partial charge in [-0.2, -0.15) is 5.10 Å². The number of hydrogen-bond donors (Lipinski definition) is 2. The second kappa shape index (κ2) is 7.67. The second-order valence-electron chi connectivity index (χ2n) is 6.91. The van der Waals surface area contributed by atoms with Crippen LogP contribution in [-0.2, 0) is 11.8 Å². The normalized spacial score (nSPS) is 10.8. The molecule has 0 aliphatic rings. The van der Waals surface area contributed by atoms with E-state index >= 15 is 0 Å². The minimum atomic E-state index is -0.389. The van der Waals surface area contributed by atoms with E-state index < -0.39 is 0 Å². The van der Waals surface area contributed by atoms with Crippen molar-refractivity contribution in [1.82, 2.24) is 19.7 Å². The third-order valence-electron chi connectivity index (χ3n) is 4.59. The van der Waals surface area contributed by atoms with Gasteiger partial charge in [-0.3, -0.25) is 9.48 Å². The summed E-state index contributed by atoms with van der Waals surface area (Å²) in [6.07, 6.45) is 1.58. The number of fused-ring (bicyclic) bond motifs is 1. The Labute approximate surface area is 163 Å². The van der Waals surface area contributed by atoms with Gasteiger partial charge in [-0.25, -0.2) is 9.78 Å². The molecule has 28 heavy (non-hydrogen) atoms. The van der Waals surface area contributed by atoms with Crippen LogP contribution in [0.2, 0.25) is 0 Å². The molecular weight excluding hydrogens is 356 g/mol. The molecule has 8 nitrogen and oxygen atoms in total. The van der Waals surface area contributed by atoms with E-state index in [1.807, 2.05) is 52.1 Å². The Morgan fingerprint density at radius 1 is 1.14 bits per heavy atom. The van der Waals surface area contributed by atoms with Crippen molar-refractivity contribution in [2.45, 2.75) is 20.8 Å². The van der Waals surface area contributed by atoms with Crippen molar-refractivity contribution in [3.63, 3.8) is 0 Å². The zero-order valence-corrected chi connectivity index (χ0v) is 16.7. The van der Waals surface area contributed by atoms with Crippen LogP contribution in [0.25, 0.3) is 11.0 Å². The monoisotopic (exact) mass is 380 g/mol. The molecule has 0 bridgehead atoms. The Morgan fingerprint density at radius 3 is 2.50 bits per heavy atom. The maximum atomic E-state index is 12.4. The smallest absolute Gasteiger partial charge is 0.322 e. The number of nitrogens with zero attached hydrogens (tertiary/aromatic N) is 4. The molecular formula is C20H24N6O2. The number of nitrogens with one attached hydrogen (secondary N) is 2. The van der Waals surface area contributed by atoms with E-state index in [2.05, 4.69) is 20.7 Å². The Hall–Kier alpha value is -3.42. The van der Waals surface area contributed by atoms with Crippen LogP contribution in [0.4, 0.5) is 16.2 Å². The van der Waals surface area contributed by atoms with Gasteiger partial charge in [0.1, 0.15) is 6.54 Å². The van der Waals surface area contributed by atoms with E-state index in [0.29, 0.717) is 5.69 Å². The Bertz CT molecular complexity index is 1040. The molecule has 0 fully saturated rings. The molecule has 0 aliphatic heterocycles. The molecule has 0 aliphatic carbocycles. The first-order chi connectivity index (χ1) is 13.3. The van der Waals surface area contributed by atoms with E-state index in [4.69, 9.17) is 0 Å². The van der Waals surface area contributed by atoms with Gasteiger partial charge in [-0.1, -0.05) is 18.2 Å². The van der Waals surface area contributed by atoms with Crippen molar-refractivity contribution in [2.24, 2.45) is 7.05 Å². The summed E-state index contributed by atoms with van der Waals surface area (Å²) in [6.45, 7) is 5.69. The predicted molar refractivity (Wildman–Crippen MR) is 109 cm³/mol. The number of rotatable bonds is 4. The molecule has 0 saturated carbocycles. The molecule has 1 aromatic carbocycles. The lowest BCUT2D eigenvalue weighted by Crippen LogP contribution is -2.37. The second-order valence-corrected chi connectivity index (χ2v) is 6.91. The molecule has 2 aromatic heterocycles. The highest BCUT2D eigenvalue weighted by Crippen LogP contribution is 2.20. The summed E-state index contributed by atoms with van der Waals surface area (Å²) >= 11 is 0. The summed E-state index contributed by atoms with van der Waals surface area (Å²) in [5.41, 5.74) is 4.87. The molecule has 3 aromatic rings. The summed E-state index contributed by atoms with van der Waals surface area (Å²) in [7, 11) is 3.39. The van der Waals surface area contributed by atoms with Gasteiger partial charge in [-0.05, 0) is 38.0 Å². The maximum absolute atomic E-state index is 12.4. The number of anilines is 2. The lowest BCUT2D eigenvalue weighted by atomic mass is 10.1. The predicted octanol–water partition coefficient (Wildman–Crippen LogP) is 3.00. The van der Waals surface area contributed by atoms with Crippen molar-refractivity contribution < 1.29 is 9.59 Å². The zero-order valence-electron chi connectivity index (χ0n) is 16.7. The fraction of sp³-hybridized carbons (Fsp3) is 0.300. The molecule has 2 N–H and O–H groups in total. The fourth-order valence-corrected chi connectivity index (χ4v) is 3.07. The highest BCUT2D eigenvalue weighted by molar-refractivity contribution is 5.98. The number of likely N-dealkylation sites (N-methyl/N-ethyl adjacent to an activating group) is 1. The molecule has 0 radical (unpaired) electrons. The molecule has 0 spiro atoms. The molecule has 0 saturated heterocycles.